The van der Waals surface area contributed by atoms with Crippen molar-refractivity contribution in [3.63, 3.8) is 0 Å². The Balaban J connectivity index is 1.64. The molecule has 0 spiro atoms. The van der Waals surface area contributed by atoms with Crippen LogP contribution in [0.4, 0.5) is 0 Å². The zero-order valence-electron chi connectivity index (χ0n) is 14.1. The second-order valence-corrected chi connectivity index (χ2v) is 7.14. The molecule has 2 aromatic rings. The molecule has 6 heteroatoms. The first kappa shape index (κ1) is 15.8. The Bertz CT molecular complexity index is 663. The van der Waals surface area contributed by atoms with E-state index in [0.717, 1.165) is 12.3 Å². The van der Waals surface area contributed by atoms with Gasteiger partial charge in [-0.2, -0.15) is 4.98 Å². The lowest BCUT2D eigenvalue weighted by Gasteiger charge is -2.25. The van der Waals surface area contributed by atoms with Crippen LogP contribution >= 0.6 is 0 Å². The molecule has 1 atom stereocenters. The molecule has 0 amide bonds. The zero-order valence-corrected chi connectivity index (χ0v) is 14.1. The quantitative estimate of drug-likeness (QED) is 0.864. The first-order valence-electron chi connectivity index (χ1n) is 7.80. The van der Waals surface area contributed by atoms with Crippen molar-refractivity contribution in [3.05, 3.63) is 36.0 Å². The number of rotatable bonds is 4. The maximum absolute atomic E-state index is 5.89. The fraction of sp³-hybridized carbons (Fsp3) is 0.529. The van der Waals surface area contributed by atoms with Gasteiger partial charge in [0.25, 0.3) is 0 Å². The third kappa shape index (κ3) is 4.01. The van der Waals surface area contributed by atoms with Crippen molar-refractivity contribution in [1.82, 2.24) is 15.0 Å². The summed E-state index contributed by atoms with van der Waals surface area (Å²) in [6.07, 6.45) is -0.338. The van der Waals surface area contributed by atoms with Gasteiger partial charge in [-0.05, 0) is 24.6 Å². The number of fused-ring (bicyclic) bond motifs is 1. The van der Waals surface area contributed by atoms with Crippen LogP contribution in [0.15, 0.2) is 28.8 Å². The molecule has 0 N–H and O–H groups in total. The van der Waals surface area contributed by atoms with E-state index in [4.69, 9.17) is 14.0 Å². The number of hydrogen-bond donors (Lipinski definition) is 0. The van der Waals surface area contributed by atoms with E-state index in [0.29, 0.717) is 30.6 Å². The van der Waals surface area contributed by atoms with Crippen LogP contribution in [0.3, 0.4) is 0 Å². The van der Waals surface area contributed by atoms with Gasteiger partial charge in [-0.25, -0.2) is 0 Å². The maximum Gasteiger partial charge on any atom is 0.240 e. The summed E-state index contributed by atoms with van der Waals surface area (Å²) < 4.78 is 16.9. The minimum absolute atomic E-state index is 0.224. The highest BCUT2D eigenvalue weighted by Gasteiger charge is 2.27. The van der Waals surface area contributed by atoms with E-state index in [-0.39, 0.29) is 11.5 Å². The predicted molar refractivity (Wildman–Crippen MR) is 85.4 cm³/mol. The first-order valence-corrected chi connectivity index (χ1v) is 7.80. The number of benzene rings is 1. The molecule has 0 saturated heterocycles. The van der Waals surface area contributed by atoms with Gasteiger partial charge >= 0.3 is 0 Å². The van der Waals surface area contributed by atoms with E-state index in [1.54, 1.807) is 0 Å². The van der Waals surface area contributed by atoms with Crippen molar-refractivity contribution in [1.29, 1.82) is 0 Å². The normalized spacial score (nSPS) is 17.5. The van der Waals surface area contributed by atoms with Gasteiger partial charge in [0.1, 0.15) is 6.61 Å². The molecule has 0 fully saturated rings. The molecule has 1 aliphatic rings. The van der Waals surface area contributed by atoms with Crippen LogP contribution in [0.2, 0.25) is 0 Å². The Kier molecular flexibility index (Phi) is 4.26. The highest BCUT2D eigenvalue weighted by molar-refractivity contribution is 5.40. The summed E-state index contributed by atoms with van der Waals surface area (Å²) in [6.45, 7) is 8.55. The van der Waals surface area contributed by atoms with Gasteiger partial charge < -0.3 is 14.0 Å². The molecule has 6 nitrogen and oxygen atoms in total. The van der Waals surface area contributed by atoms with Crippen LogP contribution in [-0.2, 0) is 6.54 Å². The summed E-state index contributed by atoms with van der Waals surface area (Å²) in [5, 5.41) is 4.04. The van der Waals surface area contributed by atoms with Gasteiger partial charge in [-0.3, -0.25) is 4.90 Å². The standard InChI is InChI=1S/C17H23N3O3/c1-17(2,3)11-20(4)9-15-18-16(19-23-15)14-10-21-12-7-5-6-8-13(12)22-14/h5-8,14H,9-11H2,1-4H3. The number of aromatic nitrogens is 2. The van der Waals surface area contributed by atoms with Crippen LogP contribution in [-0.4, -0.2) is 35.2 Å². The molecule has 1 aromatic heterocycles. The molecule has 0 bridgehead atoms. The molecule has 1 aliphatic heterocycles. The zero-order chi connectivity index (χ0) is 16.4. The van der Waals surface area contributed by atoms with E-state index in [9.17, 15) is 0 Å². The van der Waals surface area contributed by atoms with Crippen molar-refractivity contribution in [2.45, 2.75) is 33.4 Å². The molecular formula is C17H23N3O3. The summed E-state index contributed by atoms with van der Waals surface area (Å²) in [6, 6.07) is 7.59. The summed E-state index contributed by atoms with van der Waals surface area (Å²) in [5.41, 5.74) is 0.224. The van der Waals surface area contributed by atoms with E-state index in [1.165, 1.54) is 0 Å². The summed E-state index contributed by atoms with van der Waals surface area (Å²) in [5.74, 6) is 2.57. The molecular weight excluding hydrogens is 294 g/mol. The average Bonchev–Trinajstić information content (AvgIpc) is 2.93. The SMILES string of the molecule is CN(Cc1nc(C2COc3ccccc3O2)no1)CC(C)(C)C. The minimum Gasteiger partial charge on any atom is -0.485 e. The van der Waals surface area contributed by atoms with Gasteiger partial charge in [-0.1, -0.05) is 38.1 Å². The van der Waals surface area contributed by atoms with Crippen LogP contribution in [0.25, 0.3) is 0 Å². The Hall–Kier alpha value is -2.08. The summed E-state index contributed by atoms with van der Waals surface area (Å²) >= 11 is 0. The molecule has 1 aromatic carbocycles. The van der Waals surface area contributed by atoms with E-state index >= 15 is 0 Å². The first-order chi connectivity index (χ1) is 10.9. The van der Waals surface area contributed by atoms with E-state index in [2.05, 4.69) is 35.8 Å². The molecule has 124 valence electrons. The molecule has 0 aliphatic carbocycles. The molecule has 1 unspecified atom stereocenters. The second-order valence-electron chi connectivity index (χ2n) is 7.14. The van der Waals surface area contributed by atoms with Crippen molar-refractivity contribution < 1.29 is 14.0 Å². The highest BCUT2D eigenvalue weighted by Crippen LogP contribution is 2.35. The van der Waals surface area contributed by atoms with E-state index < -0.39 is 0 Å². The van der Waals surface area contributed by atoms with Gasteiger partial charge in [0, 0.05) is 6.54 Å². The lowest BCUT2D eigenvalue weighted by Crippen LogP contribution is -2.29. The highest BCUT2D eigenvalue weighted by atomic mass is 16.6. The third-order valence-electron chi connectivity index (χ3n) is 3.43. The number of nitrogens with zero attached hydrogens (tertiary/aromatic N) is 3. The number of ether oxygens (including phenoxy) is 2. The molecule has 2 heterocycles. The van der Waals surface area contributed by atoms with Crippen LogP contribution in [0, 0.1) is 5.41 Å². The predicted octanol–water partition coefficient (Wildman–Crippen LogP) is 3.06. The summed E-state index contributed by atoms with van der Waals surface area (Å²) in [4.78, 5) is 6.62. The largest absolute Gasteiger partial charge is 0.485 e. The summed E-state index contributed by atoms with van der Waals surface area (Å²) in [7, 11) is 2.05. The van der Waals surface area contributed by atoms with Gasteiger partial charge in [0.2, 0.25) is 11.7 Å². The van der Waals surface area contributed by atoms with Crippen LogP contribution in [0.1, 0.15) is 38.6 Å². The van der Waals surface area contributed by atoms with Crippen molar-refractivity contribution in [2.24, 2.45) is 5.41 Å². The lowest BCUT2D eigenvalue weighted by atomic mass is 9.96. The van der Waals surface area contributed by atoms with Crippen molar-refractivity contribution >= 4 is 0 Å². The maximum atomic E-state index is 5.89. The second kappa shape index (κ2) is 6.20. The van der Waals surface area contributed by atoms with Crippen molar-refractivity contribution in [3.8, 4) is 11.5 Å². The Morgan fingerprint density at radius 1 is 1.22 bits per heavy atom. The van der Waals surface area contributed by atoms with Gasteiger partial charge in [0.05, 0.1) is 6.54 Å². The Labute approximate surface area is 136 Å². The average molecular weight is 317 g/mol. The molecule has 0 saturated carbocycles. The Morgan fingerprint density at radius 2 is 1.96 bits per heavy atom. The third-order valence-corrected chi connectivity index (χ3v) is 3.43. The fourth-order valence-corrected chi connectivity index (χ4v) is 2.71. The van der Waals surface area contributed by atoms with E-state index in [1.807, 2.05) is 31.3 Å². The van der Waals surface area contributed by atoms with Crippen LogP contribution < -0.4 is 9.47 Å². The fourth-order valence-electron chi connectivity index (χ4n) is 2.71. The van der Waals surface area contributed by atoms with Crippen LogP contribution in [0.5, 0.6) is 11.5 Å². The monoisotopic (exact) mass is 317 g/mol. The molecule has 3 rings (SSSR count). The van der Waals surface area contributed by atoms with Gasteiger partial charge in [0.15, 0.2) is 17.6 Å². The Morgan fingerprint density at radius 3 is 2.70 bits per heavy atom. The molecule has 0 radical (unpaired) electrons. The smallest absolute Gasteiger partial charge is 0.240 e. The minimum atomic E-state index is -0.338. The topological polar surface area (TPSA) is 60.6 Å². The van der Waals surface area contributed by atoms with Gasteiger partial charge in [-0.15, -0.1) is 0 Å². The van der Waals surface area contributed by atoms with Crippen molar-refractivity contribution in [2.75, 3.05) is 20.2 Å². The molecule has 23 heavy (non-hydrogen) atoms. The number of para-hydroxylation sites is 2. The lowest BCUT2D eigenvalue weighted by molar-refractivity contribution is 0.0832. The number of hydrogen-bond acceptors (Lipinski definition) is 6.